The zero-order valence-electron chi connectivity index (χ0n) is 16.9. The van der Waals surface area contributed by atoms with Gasteiger partial charge < -0.3 is 14.9 Å². The third-order valence-corrected chi connectivity index (χ3v) is 5.89. The van der Waals surface area contributed by atoms with Crippen molar-refractivity contribution in [1.29, 1.82) is 0 Å². The second-order valence-corrected chi connectivity index (χ2v) is 9.16. The predicted octanol–water partition coefficient (Wildman–Crippen LogP) is 2.87. The minimum Gasteiger partial charge on any atom is -0.387 e. The lowest BCUT2D eigenvalue weighted by Gasteiger charge is -2.39. The van der Waals surface area contributed by atoms with E-state index in [-0.39, 0.29) is 0 Å². The van der Waals surface area contributed by atoms with Crippen LogP contribution in [0.3, 0.4) is 0 Å². The lowest BCUT2D eigenvalue weighted by molar-refractivity contribution is 0.0951. The molecular weight excluding hydrogens is 326 g/mol. The Balaban J connectivity index is 1.46. The second kappa shape index (κ2) is 8.81. The van der Waals surface area contributed by atoms with Gasteiger partial charge in [-0.15, -0.1) is 5.10 Å². The van der Waals surface area contributed by atoms with Crippen LogP contribution in [-0.4, -0.2) is 69.2 Å². The molecule has 3 heterocycles. The normalized spacial score (nSPS) is 23.1. The first kappa shape index (κ1) is 19.8. The van der Waals surface area contributed by atoms with Crippen molar-refractivity contribution in [3.63, 3.8) is 0 Å². The fourth-order valence-electron chi connectivity index (χ4n) is 4.56. The highest BCUT2D eigenvalue weighted by atomic mass is 16.3. The Kier molecular flexibility index (Phi) is 6.70. The highest BCUT2D eigenvalue weighted by molar-refractivity contribution is 4.97. The zero-order valence-corrected chi connectivity index (χ0v) is 16.9. The summed E-state index contributed by atoms with van der Waals surface area (Å²) in [5.74, 6) is 0. The average Bonchev–Trinajstić information content (AvgIpc) is 2.95. The van der Waals surface area contributed by atoms with Gasteiger partial charge in [0.05, 0.1) is 18.3 Å². The van der Waals surface area contributed by atoms with Gasteiger partial charge in [-0.3, -0.25) is 0 Å². The number of hydrogen-bond donors (Lipinski definition) is 1. The maximum absolute atomic E-state index is 9.63. The summed E-state index contributed by atoms with van der Waals surface area (Å²) < 4.78 is 1.96. The maximum atomic E-state index is 9.63. The van der Waals surface area contributed by atoms with Crippen molar-refractivity contribution in [2.75, 3.05) is 39.3 Å². The fourth-order valence-corrected chi connectivity index (χ4v) is 4.56. The van der Waals surface area contributed by atoms with E-state index in [0.29, 0.717) is 17.2 Å². The van der Waals surface area contributed by atoms with E-state index in [1.54, 1.807) is 6.92 Å². The minimum absolute atomic E-state index is 0.337. The van der Waals surface area contributed by atoms with Gasteiger partial charge in [0.1, 0.15) is 5.69 Å². The van der Waals surface area contributed by atoms with Crippen LogP contribution >= 0.6 is 0 Å². The molecule has 2 fully saturated rings. The molecule has 0 aliphatic carbocycles. The van der Waals surface area contributed by atoms with Crippen LogP contribution in [0.15, 0.2) is 6.20 Å². The van der Waals surface area contributed by atoms with E-state index in [4.69, 9.17) is 0 Å². The SMILES string of the molecule is C[C@H](O)c1cn(C2CCN(CC(C)(C)CN3CCCCCC3)CC2)nn1. The van der Waals surface area contributed by atoms with Gasteiger partial charge in [-0.2, -0.15) is 0 Å². The Hall–Kier alpha value is -0.980. The van der Waals surface area contributed by atoms with Gasteiger partial charge in [0.2, 0.25) is 0 Å². The third-order valence-electron chi connectivity index (χ3n) is 5.89. The molecule has 148 valence electrons. The molecule has 3 rings (SSSR count). The molecule has 2 aliphatic rings. The van der Waals surface area contributed by atoms with Crippen molar-refractivity contribution in [2.24, 2.45) is 5.41 Å². The molecule has 0 radical (unpaired) electrons. The number of likely N-dealkylation sites (tertiary alicyclic amines) is 2. The van der Waals surface area contributed by atoms with Crippen LogP contribution in [0.1, 0.15) is 77.1 Å². The van der Waals surface area contributed by atoms with Crippen LogP contribution in [-0.2, 0) is 0 Å². The standard InChI is InChI=1S/C20H37N5O/c1-17(26)19-14-25(22-21-19)18-8-12-24(13-9-18)16-20(2,3)15-23-10-6-4-5-7-11-23/h14,17-18,26H,4-13,15-16H2,1-3H3/t17-/m0/s1. The predicted molar refractivity (Wildman–Crippen MR) is 104 cm³/mol. The summed E-state index contributed by atoms with van der Waals surface area (Å²) in [6.07, 6.45) is 9.15. The number of rotatable bonds is 6. The molecule has 0 bridgehead atoms. The summed E-state index contributed by atoms with van der Waals surface area (Å²) in [6.45, 7) is 13.8. The molecule has 1 aromatic heterocycles. The number of aliphatic hydroxyl groups is 1. The maximum Gasteiger partial charge on any atom is 0.111 e. The van der Waals surface area contributed by atoms with Gasteiger partial charge in [0.25, 0.3) is 0 Å². The first-order chi connectivity index (χ1) is 12.4. The summed E-state index contributed by atoms with van der Waals surface area (Å²) in [6, 6.07) is 0.417. The topological polar surface area (TPSA) is 57.4 Å². The van der Waals surface area contributed by atoms with Crippen LogP contribution in [0.2, 0.25) is 0 Å². The van der Waals surface area contributed by atoms with E-state index in [1.807, 2.05) is 10.9 Å². The van der Waals surface area contributed by atoms with Crippen molar-refractivity contribution in [3.05, 3.63) is 11.9 Å². The van der Waals surface area contributed by atoms with Crippen LogP contribution in [0, 0.1) is 5.41 Å². The molecule has 1 atom stereocenters. The van der Waals surface area contributed by atoms with E-state index >= 15 is 0 Å². The Morgan fingerprint density at radius 1 is 1.04 bits per heavy atom. The van der Waals surface area contributed by atoms with E-state index in [1.165, 1.54) is 51.9 Å². The van der Waals surface area contributed by atoms with Crippen LogP contribution in [0.4, 0.5) is 0 Å². The lowest BCUT2D eigenvalue weighted by Crippen LogP contribution is -2.45. The second-order valence-electron chi connectivity index (χ2n) is 9.16. The number of hydrogen-bond acceptors (Lipinski definition) is 5. The third kappa shape index (κ3) is 5.51. The molecule has 6 heteroatoms. The van der Waals surface area contributed by atoms with Crippen LogP contribution < -0.4 is 0 Å². The van der Waals surface area contributed by atoms with Gasteiger partial charge in [0, 0.05) is 26.2 Å². The van der Waals surface area contributed by atoms with Crippen molar-refractivity contribution < 1.29 is 5.11 Å². The molecule has 1 N–H and O–H groups in total. The quantitative estimate of drug-likeness (QED) is 0.842. The van der Waals surface area contributed by atoms with E-state index < -0.39 is 6.10 Å². The first-order valence-corrected chi connectivity index (χ1v) is 10.5. The molecule has 1 aromatic rings. The Labute approximate surface area is 158 Å². The lowest BCUT2D eigenvalue weighted by atomic mass is 9.90. The summed E-state index contributed by atoms with van der Waals surface area (Å²) in [4.78, 5) is 5.31. The Morgan fingerprint density at radius 3 is 2.15 bits per heavy atom. The molecule has 0 aromatic carbocycles. The van der Waals surface area contributed by atoms with Gasteiger partial charge in [0.15, 0.2) is 0 Å². The monoisotopic (exact) mass is 363 g/mol. The smallest absolute Gasteiger partial charge is 0.111 e. The van der Waals surface area contributed by atoms with Gasteiger partial charge in [-0.05, 0) is 51.1 Å². The zero-order chi connectivity index (χ0) is 18.6. The van der Waals surface area contributed by atoms with Crippen molar-refractivity contribution in [2.45, 2.75) is 71.4 Å². The molecule has 26 heavy (non-hydrogen) atoms. The number of nitrogens with zero attached hydrogens (tertiary/aromatic N) is 5. The molecule has 0 amide bonds. The summed E-state index contributed by atoms with van der Waals surface area (Å²) in [5, 5.41) is 17.9. The van der Waals surface area contributed by atoms with Crippen LogP contribution in [0.25, 0.3) is 0 Å². The number of piperidine rings is 1. The largest absolute Gasteiger partial charge is 0.387 e. The van der Waals surface area contributed by atoms with Crippen molar-refractivity contribution >= 4 is 0 Å². The molecule has 2 saturated heterocycles. The van der Waals surface area contributed by atoms with E-state index in [2.05, 4.69) is 34.0 Å². The molecule has 0 unspecified atom stereocenters. The average molecular weight is 364 g/mol. The Bertz CT molecular complexity index is 540. The van der Waals surface area contributed by atoms with Gasteiger partial charge >= 0.3 is 0 Å². The van der Waals surface area contributed by atoms with E-state index in [9.17, 15) is 5.11 Å². The molecule has 0 saturated carbocycles. The molecular formula is C20H37N5O. The fraction of sp³-hybridized carbons (Fsp3) is 0.900. The molecule has 0 spiro atoms. The van der Waals surface area contributed by atoms with Crippen LogP contribution in [0.5, 0.6) is 0 Å². The summed E-state index contributed by atoms with van der Waals surface area (Å²) in [5.41, 5.74) is 1.01. The summed E-state index contributed by atoms with van der Waals surface area (Å²) >= 11 is 0. The molecule has 6 nitrogen and oxygen atoms in total. The van der Waals surface area contributed by atoms with Crippen molar-refractivity contribution in [3.8, 4) is 0 Å². The highest BCUT2D eigenvalue weighted by Crippen LogP contribution is 2.27. The summed E-state index contributed by atoms with van der Waals surface area (Å²) in [7, 11) is 0. The van der Waals surface area contributed by atoms with Gasteiger partial charge in [-0.25, -0.2) is 4.68 Å². The first-order valence-electron chi connectivity index (χ1n) is 10.5. The Morgan fingerprint density at radius 2 is 1.62 bits per heavy atom. The molecule has 2 aliphatic heterocycles. The minimum atomic E-state index is -0.538. The number of aliphatic hydroxyl groups excluding tert-OH is 1. The van der Waals surface area contributed by atoms with Crippen molar-refractivity contribution in [1.82, 2.24) is 24.8 Å². The number of aromatic nitrogens is 3. The van der Waals surface area contributed by atoms with Gasteiger partial charge in [-0.1, -0.05) is 31.9 Å². The van der Waals surface area contributed by atoms with E-state index in [0.717, 1.165) is 25.9 Å². The highest BCUT2D eigenvalue weighted by Gasteiger charge is 2.28.